The van der Waals surface area contributed by atoms with Gasteiger partial charge in [-0.3, -0.25) is 14.4 Å². The van der Waals surface area contributed by atoms with Crippen LogP contribution in [0.4, 0.5) is 5.69 Å². The molecule has 0 saturated carbocycles. The molecule has 1 aromatic carbocycles. The van der Waals surface area contributed by atoms with Crippen LogP contribution in [0.15, 0.2) is 55.6 Å². The van der Waals surface area contributed by atoms with E-state index >= 15 is 0 Å². The van der Waals surface area contributed by atoms with Gasteiger partial charge in [-0.2, -0.15) is 0 Å². The van der Waals surface area contributed by atoms with E-state index in [1.165, 1.54) is 0 Å². The highest BCUT2D eigenvalue weighted by atomic mass is 32.2. The Bertz CT molecular complexity index is 1080. The smallest absolute Gasteiger partial charge is 0.247 e. The molecule has 0 aromatic heterocycles. The first-order valence-electron chi connectivity index (χ1n) is 14.8. The molecule has 6 atom stereocenters. The summed E-state index contributed by atoms with van der Waals surface area (Å²) in [4.78, 5) is 48.6. The number of unbranched alkanes of at least 4 members (excludes halogenated alkanes) is 3. The number of likely N-dealkylation sites (tertiary alicyclic amines) is 1. The van der Waals surface area contributed by atoms with Crippen molar-refractivity contribution < 1.29 is 19.5 Å². The second-order valence-corrected chi connectivity index (χ2v) is 12.9. The number of para-hydroxylation sites is 1. The van der Waals surface area contributed by atoms with Crippen LogP contribution in [0.5, 0.6) is 0 Å². The Labute approximate surface area is 243 Å². The topological polar surface area (TPSA) is 81.2 Å². The lowest BCUT2D eigenvalue weighted by atomic mass is 9.65. The van der Waals surface area contributed by atoms with Gasteiger partial charge in [0.15, 0.2) is 0 Å². The van der Waals surface area contributed by atoms with Gasteiger partial charge in [-0.25, -0.2) is 0 Å². The molecule has 1 spiro atoms. The lowest BCUT2D eigenvalue weighted by Gasteiger charge is -2.41. The summed E-state index contributed by atoms with van der Waals surface area (Å²) in [5.74, 6) is -1.06. The molecule has 3 fully saturated rings. The van der Waals surface area contributed by atoms with Gasteiger partial charge in [0.2, 0.25) is 17.7 Å². The van der Waals surface area contributed by atoms with Crippen LogP contribution < -0.4 is 4.90 Å². The third kappa shape index (κ3) is 5.37. The molecule has 2 bridgehead atoms. The van der Waals surface area contributed by atoms with Gasteiger partial charge in [-0.05, 0) is 50.2 Å². The van der Waals surface area contributed by atoms with Crippen LogP contribution in [0.1, 0.15) is 52.4 Å². The van der Waals surface area contributed by atoms with Crippen molar-refractivity contribution in [3.8, 4) is 0 Å². The molecule has 1 aromatic rings. The van der Waals surface area contributed by atoms with Crippen LogP contribution in [0.25, 0.3) is 0 Å². The summed E-state index contributed by atoms with van der Waals surface area (Å²) in [6.07, 6.45) is 8.28. The van der Waals surface area contributed by atoms with E-state index in [1.54, 1.807) is 33.7 Å². The number of nitrogens with zero attached hydrogens (tertiary/aromatic N) is 3. The van der Waals surface area contributed by atoms with Gasteiger partial charge in [-0.1, -0.05) is 50.6 Å². The first kappa shape index (κ1) is 30.4. The van der Waals surface area contributed by atoms with E-state index in [9.17, 15) is 19.5 Å². The Kier molecular flexibility index (Phi) is 10.2. The maximum atomic E-state index is 14.4. The minimum Gasteiger partial charge on any atom is -0.396 e. The maximum Gasteiger partial charge on any atom is 0.247 e. The zero-order valence-corrected chi connectivity index (χ0v) is 24.9. The molecule has 0 aliphatic carbocycles. The van der Waals surface area contributed by atoms with Gasteiger partial charge in [0.05, 0.1) is 16.6 Å². The Balaban J connectivity index is 1.74. The number of aliphatic hydroxyl groups excluding tert-OH is 1. The van der Waals surface area contributed by atoms with Crippen LogP contribution in [0, 0.1) is 17.8 Å². The largest absolute Gasteiger partial charge is 0.396 e. The third-order valence-electron chi connectivity index (χ3n) is 8.91. The number of aliphatic hydroxyl groups is 1. The molecule has 7 nitrogen and oxygen atoms in total. The van der Waals surface area contributed by atoms with Crippen molar-refractivity contribution >= 4 is 35.2 Å². The molecular formula is C32H45N3O4S. The zero-order chi connectivity index (χ0) is 28.9. The molecule has 218 valence electrons. The number of hydrogen-bond acceptors (Lipinski definition) is 5. The Morgan fingerprint density at radius 2 is 1.82 bits per heavy atom. The molecule has 8 heteroatoms. The van der Waals surface area contributed by atoms with Crippen LogP contribution in [0.2, 0.25) is 0 Å². The van der Waals surface area contributed by atoms with Crippen LogP contribution in [-0.4, -0.2) is 81.5 Å². The number of thioether (sulfide) groups is 1. The van der Waals surface area contributed by atoms with Crippen molar-refractivity contribution in [1.82, 2.24) is 9.80 Å². The zero-order valence-electron chi connectivity index (χ0n) is 24.0. The van der Waals surface area contributed by atoms with E-state index in [0.29, 0.717) is 39.0 Å². The van der Waals surface area contributed by atoms with E-state index in [1.807, 2.05) is 35.2 Å². The molecule has 3 aliphatic rings. The summed E-state index contributed by atoms with van der Waals surface area (Å²) in [6, 6.07) is 8.96. The molecule has 3 aliphatic heterocycles. The average Bonchev–Trinajstić information content (AvgIpc) is 3.55. The van der Waals surface area contributed by atoms with Crippen LogP contribution in [0.3, 0.4) is 0 Å². The Morgan fingerprint density at radius 1 is 1.10 bits per heavy atom. The number of rotatable bonds is 15. The van der Waals surface area contributed by atoms with Gasteiger partial charge in [0.25, 0.3) is 0 Å². The maximum absolute atomic E-state index is 14.4. The van der Waals surface area contributed by atoms with Crippen molar-refractivity contribution in [2.45, 2.75) is 68.4 Å². The molecule has 3 unspecified atom stereocenters. The summed E-state index contributed by atoms with van der Waals surface area (Å²) >= 11 is 1.72. The predicted molar refractivity (Wildman–Crippen MR) is 162 cm³/mol. The molecule has 3 saturated heterocycles. The van der Waals surface area contributed by atoms with E-state index in [2.05, 4.69) is 27.0 Å². The van der Waals surface area contributed by atoms with Crippen molar-refractivity contribution in [2.75, 3.05) is 37.7 Å². The van der Waals surface area contributed by atoms with Crippen molar-refractivity contribution in [1.29, 1.82) is 0 Å². The van der Waals surface area contributed by atoms with Crippen LogP contribution >= 0.6 is 11.8 Å². The summed E-state index contributed by atoms with van der Waals surface area (Å²) in [5.41, 5.74) is 0.790. The van der Waals surface area contributed by atoms with E-state index in [4.69, 9.17) is 0 Å². The molecule has 3 amide bonds. The van der Waals surface area contributed by atoms with Gasteiger partial charge >= 0.3 is 0 Å². The molecule has 3 heterocycles. The quantitative estimate of drug-likeness (QED) is 0.249. The average molecular weight is 568 g/mol. The molecule has 1 N–H and O–H groups in total. The van der Waals surface area contributed by atoms with E-state index in [0.717, 1.165) is 31.4 Å². The monoisotopic (exact) mass is 567 g/mol. The molecule has 40 heavy (non-hydrogen) atoms. The fourth-order valence-corrected chi connectivity index (χ4v) is 9.51. The highest BCUT2D eigenvalue weighted by Gasteiger charge is 2.76. The summed E-state index contributed by atoms with van der Waals surface area (Å²) in [5, 5.41) is 9.29. The predicted octanol–water partition coefficient (Wildman–Crippen LogP) is 4.52. The number of benzene rings is 1. The van der Waals surface area contributed by atoms with Gasteiger partial charge in [-0.15, -0.1) is 24.9 Å². The Hall–Kier alpha value is -2.58. The SMILES string of the molecule is C=CCN(CCCC)C(=O)C1N(CCCCCO)C(=O)[C@@H]2[C@@H](C(=O)N(CC=C)c3ccccc3)[C@H]3CC(C)C12S3. The van der Waals surface area contributed by atoms with E-state index < -0.39 is 22.6 Å². The number of anilines is 1. The number of fused-ring (bicyclic) bond motifs is 1. The second kappa shape index (κ2) is 13.4. The first-order valence-corrected chi connectivity index (χ1v) is 15.7. The number of carbonyl (C=O) groups is 3. The standard InChI is InChI=1S/C32H45N3O4S/c1-5-8-19-33(17-6-2)31(39)28-32-23(4)22-25(40-32)26(27(32)30(38)35(28)20-13-10-14-21-36)29(37)34(18-7-3)24-15-11-9-12-16-24/h6-7,9,11-12,15-16,23,25-28,36H,2-3,5,8,10,13-14,17-22H2,1,4H3/t23?,25-,26+,27+,28?,32?/m1/s1. The fraction of sp³-hybridized carbons (Fsp3) is 0.594. The summed E-state index contributed by atoms with van der Waals surface area (Å²) in [7, 11) is 0. The first-order chi connectivity index (χ1) is 19.4. The second-order valence-electron chi connectivity index (χ2n) is 11.4. The molecule has 0 radical (unpaired) electrons. The number of carbonyl (C=O) groups excluding carboxylic acids is 3. The van der Waals surface area contributed by atoms with Crippen molar-refractivity contribution in [3.05, 3.63) is 55.6 Å². The van der Waals surface area contributed by atoms with E-state index in [-0.39, 0.29) is 35.5 Å². The molecular weight excluding hydrogens is 522 g/mol. The lowest BCUT2D eigenvalue weighted by Crippen LogP contribution is -2.57. The molecule has 4 rings (SSSR count). The highest BCUT2D eigenvalue weighted by Crippen LogP contribution is 2.69. The highest BCUT2D eigenvalue weighted by molar-refractivity contribution is 8.02. The minimum absolute atomic E-state index is 0.0113. The van der Waals surface area contributed by atoms with Crippen molar-refractivity contribution in [2.24, 2.45) is 17.8 Å². The van der Waals surface area contributed by atoms with Gasteiger partial charge in [0.1, 0.15) is 6.04 Å². The fourth-order valence-electron chi connectivity index (χ4n) is 7.10. The number of hydrogen-bond donors (Lipinski definition) is 1. The minimum atomic E-state index is -0.641. The van der Waals surface area contributed by atoms with Crippen molar-refractivity contribution in [3.63, 3.8) is 0 Å². The van der Waals surface area contributed by atoms with Gasteiger partial charge in [0, 0.05) is 43.7 Å². The lowest BCUT2D eigenvalue weighted by molar-refractivity contribution is -0.142. The normalized spacial score (nSPS) is 28.4. The van der Waals surface area contributed by atoms with Crippen LogP contribution in [-0.2, 0) is 14.4 Å². The Morgan fingerprint density at radius 3 is 2.48 bits per heavy atom. The summed E-state index contributed by atoms with van der Waals surface area (Å²) in [6.45, 7) is 14.0. The third-order valence-corrected chi connectivity index (χ3v) is 11.0. The number of amides is 3. The van der Waals surface area contributed by atoms with Gasteiger partial charge < -0.3 is 19.8 Å². The summed E-state index contributed by atoms with van der Waals surface area (Å²) < 4.78 is -0.641.